The molecule has 0 spiro atoms. The summed E-state index contributed by atoms with van der Waals surface area (Å²) in [7, 11) is 1.91. The molecule has 0 atom stereocenters. The van der Waals surface area contributed by atoms with Crippen molar-refractivity contribution >= 4 is 18.0 Å². The van der Waals surface area contributed by atoms with E-state index < -0.39 is 0 Å². The number of hydrogen-bond acceptors (Lipinski definition) is 2. The molecular formula is C11H14N2. The molecule has 0 amide bonds. The van der Waals surface area contributed by atoms with Gasteiger partial charge in [-0.25, -0.2) is 0 Å². The summed E-state index contributed by atoms with van der Waals surface area (Å²) >= 11 is 0. The molecule has 0 aliphatic heterocycles. The van der Waals surface area contributed by atoms with Crippen LogP contribution in [0, 0.1) is 0 Å². The Hall–Kier alpha value is -1.57. The van der Waals surface area contributed by atoms with Crippen molar-refractivity contribution in [3.05, 3.63) is 36.0 Å². The minimum absolute atomic E-state index is 1.11. The first-order valence-electron chi connectivity index (χ1n) is 4.18. The summed E-state index contributed by atoms with van der Waals surface area (Å²) in [5.74, 6) is 0. The molecule has 68 valence electrons. The third-order valence-corrected chi connectivity index (χ3v) is 1.89. The number of rotatable bonds is 3. The van der Waals surface area contributed by atoms with E-state index in [0.717, 1.165) is 11.3 Å². The van der Waals surface area contributed by atoms with E-state index in [1.807, 2.05) is 26.1 Å². The average molecular weight is 174 g/mol. The van der Waals surface area contributed by atoms with Gasteiger partial charge in [0.15, 0.2) is 0 Å². The third-order valence-electron chi connectivity index (χ3n) is 1.89. The van der Waals surface area contributed by atoms with Crippen LogP contribution in [-0.4, -0.2) is 13.8 Å². The lowest BCUT2D eigenvalue weighted by atomic mass is 10.1. The minimum atomic E-state index is 1.11. The molecule has 0 unspecified atom stereocenters. The van der Waals surface area contributed by atoms with Crippen LogP contribution in [0.4, 0.5) is 5.69 Å². The number of nitrogens with one attached hydrogen (secondary N) is 1. The van der Waals surface area contributed by atoms with Gasteiger partial charge >= 0.3 is 0 Å². The predicted octanol–water partition coefficient (Wildman–Crippen LogP) is 2.79. The SMILES string of the molecule is C=N/C=C(\C)c1cccc(NC)c1. The van der Waals surface area contributed by atoms with Crippen molar-refractivity contribution in [2.45, 2.75) is 6.92 Å². The third kappa shape index (κ3) is 2.44. The molecule has 0 aliphatic rings. The summed E-state index contributed by atoms with van der Waals surface area (Å²) in [6, 6.07) is 8.18. The normalized spacial score (nSPS) is 11.1. The highest BCUT2D eigenvalue weighted by atomic mass is 14.8. The van der Waals surface area contributed by atoms with Crippen molar-refractivity contribution in [2.75, 3.05) is 12.4 Å². The first kappa shape index (κ1) is 9.52. The Morgan fingerprint density at radius 1 is 1.54 bits per heavy atom. The summed E-state index contributed by atoms with van der Waals surface area (Å²) in [6.07, 6.45) is 1.76. The van der Waals surface area contributed by atoms with E-state index in [1.165, 1.54) is 5.56 Å². The van der Waals surface area contributed by atoms with Crippen LogP contribution in [0.1, 0.15) is 12.5 Å². The molecule has 0 radical (unpaired) electrons. The largest absolute Gasteiger partial charge is 0.388 e. The average Bonchev–Trinajstić information content (AvgIpc) is 2.18. The Balaban J connectivity index is 3.01. The second-order valence-corrected chi connectivity index (χ2v) is 2.83. The van der Waals surface area contributed by atoms with E-state index in [2.05, 4.69) is 29.2 Å². The Bertz CT molecular complexity index is 327. The van der Waals surface area contributed by atoms with Crippen molar-refractivity contribution in [3.8, 4) is 0 Å². The van der Waals surface area contributed by atoms with E-state index in [-0.39, 0.29) is 0 Å². The molecule has 2 heteroatoms. The summed E-state index contributed by atoms with van der Waals surface area (Å²) in [5.41, 5.74) is 3.39. The molecule has 0 heterocycles. The number of aliphatic imine (C=N–C) groups is 1. The lowest BCUT2D eigenvalue weighted by Gasteiger charge is -2.03. The van der Waals surface area contributed by atoms with Gasteiger partial charge < -0.3 is 5.32 Å². The molecule has 0 saturated heterocycles. The Labute approximate surface area is 79.0 Å². The topological polar surface area (TPSA) is 24.4 Å². The highest BCUT2D eigenvalue weighted by Crippen LogP contribution is 2.17. The fraction of sp³-hybridized carbons (Fsp3) is 0.182. The molecule has 1 rings (SSSR count). The number of allylic oxidation sites excluding steroid dienone is 1. The lowest BCUT2D eigenvalue weighted by molar-refractivity contribution is 1.47. The first-order valence-corrected chi connectivity index (χ1v) is 4.18. The summed E-state index contributed by atoms with van der Waals surface area (Å²) < 4.78 is 0. The maximum Gasteiger partial charge on any atom is 0.0343 e. The van der Waals surface area contributed by atoms with Crippen molar-refractivity contribution in [2.24, 2.45) is 4.99 Å². The van der Waals surface area contributed by atoms with Gasteiger partial charge in [0.05, 0.1) is 0 Å². The highest BCUT2D eigenvalue weighted by molar-refractivity contribution is 5.67. The van der Waals surface area contributed by atoms with Crippen LogP contribution < -0.4 is 5.32 Å². The van der Waals surface area contributed by atoms with Gasteiger partial charge in [-0.2, -0.15) is 0 Å². The maximum absolute atomic E-state index is 3.74. The molecule has 13 heavy (non-hydrogen) atoms. The Morgan fingerprint density at radius 2 is 2.31 bits per heavy atom. The fourth-order valence-electron chi connectivity index (χ4n) is 1.13. The first-order chi connectivity index (χ1) is 6.27. The van der Waals surface area contributed by atoms with Crippen LogP contribution in [0.5, 0.6) is 0 Å². The smallest absolute Gasteiger partial charge is 0.0343 e. The van der Waals surface area contributed by atoms with Gasteiger partial charge in [-0.05, 0) is 36.9 Å². The Kier molecular flexibility index (Phi) is 3.26. The molecule has 0 saturated carbocycles. The van der Waals surface area contributed by atoms with Crippen molar-refractivity contribution in [1.82, 2.24) is 0 Å². The van der Waals surface area contributed by atoms with Crippen molar-refractivity contribution < 1.29 is 0 Å². The van der Waals surface area contributed by atoms with Gasteiger partial charge in [0.25, 0.3) is 0 Å². The van der Waals surface area contributed by atoms with E-state index in [0.29, 0.717) is 0 Å². The number of anilines is 1. The zero-order valence-corrected chi connectivity index (χ0v) is 8.04. The summed E-state index contributed by atoms with van der Waals surface area (Å²) in [5, 5.41) is 3.09. The number of benzene rings is 1. The molecule has 1 N–H and O–H groups in total. The minimum Gasteiger partial charge on any atom is -0.388 e. The van der Waals surface area contributed by atoms with Gasteiger partial charge in [-0.3, -0.25) is 4.99 Å². The second kappa shape index (κ2) is 4.45. The van der Waals surface area contributed by atoms with Crippen molar-refractivity contribution in [3.63, 3.8) is 0 Å². The standard InChI is InChI=1S/C11H14N2/c1-9(8-12-2)10-5-4-6-11(7-10)13-3/h4-8,13H,2H2,1,3H3/b9-8+. The number of nitrogens with zero attached hydrogens (tertiary/aromatic N) is 1. The van der Waals surface area contributed by atoms with Crippen LogP contribution in [0.3, 0.4) is 0 Å². The second-order valence-electron chi connectivity index (χ2n) is 2.83. The molecule has 0 bridgehead atoms. The van der Waals surface area contributed by atoms with E-state index in [9.17, 15) is 0 Å². The van der Waals surface area contributed by atoms with Crippen LogP contribution in [0.15, 0.2) is 35.5 Å². The zero-order chi connectivity index (χ0) is 9.68. The van der Waals surface area contributed by atoms with Gasteiger partial charge in [-0.15, -0.1) is 0 Å². The van der Waals surface area contributed by atoms with Gasteiger partial charge in [0, 0.05) is 18.9 Å². The molecular weight excluding hydrogens is 160 g/mol. The van der Waals surface area contributed by atoms with Crippen LogP contribution >= 0.6 is 0 Å². The molecule has 0 fully saturated rings. The highest BCUT2D eigenvalue weighted by Gasteiger charge is 1.95. The molecule has 0 aliphatic carbocycles. The Morgan fingerprint density at radius 3 is 2.92 bits per heavy atom. The van der Waals surface area contributed by atoms with Crippen LogP contribution in [0.25, 0.3) is 5.57 Å². The van der Waals surface area contributed by atoms with Crippen LogP contribution in [0.2, 0.25) is 0 Å². The molecule has 0 aromatic heterocycles. The maximum atomic E-state index is 3.74. The van der Waals surface area contributed by atoms with Crippen LogP contribution in [-0.2, 0) is 0 Å². The molecule has 1 aromatic carbocycles. The summed E-state index contributed by atoms with van der Waals surface area (Å²) in [4.78, 5) is 3.74. The van der Waals surface area contributed by atoms with Gasteiger partial charge in [-0.1, -0.05) is 12.1 Å². The van der Waals surface area contributed by atoms with Gasteiger partial charge in [0.1, 0.15) is 0 Å². The number of hydrogen-bond donors (Lipinski definition) is 1. The quantitative estimate of drug-likeness (QED) is 0.700. The van der Waals surface area contributed by atoms with Gasteiger partial charge in [0.2, 0.25) is 0 Å². The predicted molar refractivity (Wildman–Crippen MR) is 59.2 cm³/mol. The summed E-state index contributed by atoms with van der Waals surface area (Å²) in [6.45, 7) is 5.44. The fourth-order valence-corrected chi connectivity index (χ4v) is 1.13. The van der Waals surface area contributed by atoms with E-state index in [1.54, 1.807) is 6.20 Å². The lowest BCUT2D eigenvalue weighted by Crippen LogP contribution is -1.88. The molecule has 2 nitrogen and oxygen atoms in total. The van der Waals surface area contributed by atoms with E-state index >= 15 is 0 Å². The van der Waals surface area contributed by atoms with E-state index in [4.69, 9.17) is 0 Å². The zero-order valence-electron chi connectivity index (χ0n) is 8.04. The monoisotopic (exact) mass is 174 g/mol. The van der Waals surface area contributed by atoms with Crippen molar-refractivity contribution in [1.29, 1.82) is 0 Å². The molecule has 1 aromatic rings.